The van der Waals surface area contributed by atoms with Gasteiger partial charge in [0.15, 0.2) is 5.13 Å². The van der Waals surface area contributed by atoms with Crippen LogP contribution in [0.3, 0.4) is 0 Å². The lowest BCUT2D eigenvalue weighted by Crippen LogP contribution is -2.37. The van der Waals surface area contributed by atoms with Crippen molar-refractivity contribution in [3.63, 3.8) is 0 Å². The molecule has 3 N–H and O–H groups in total. The molecule has 4 aromatic rings. The highest BCUT2D eigenvalue weighted by Crippen LogP contribution is 2.33. The van der Waals surface area contributed by atoms with Crippen molar-refractivity contribution in [3.05, 3.63) is 100 Å². The van der Waals surface area contributed by atoms with Crippen LogP contribution < -0.4 is 16.0 Å². The molecule has 1 atom stereocenters. The molecule has 5 rings (SSSR count). The molecule has 8 heteroatoms. The highest BCUT2D eigenvalue weighted by Gasteiger charge is 2.29. The summed E-state index contributed by atoms with van der Waals surface area (Å²) in [5, 5.41) is 10.9. The Morgan fingerprint density at radius 1 is 1.00 bits per heavy atom. The number of aliphatic imine (C=N–C) groups is 1. The maximum absolute atomic E-state index is 13.4. The van der Waals surface area contributed by atoms with Crippen LogP contribution in [-0.4, -0.2) is 16.9 Å². The largest absolute Gasteiger partial charge is 0.329 e. The number of hydrogen-bond acceptors (Lipinski definition) is 6. The number of benzene rings is 3. The summed E-state index contributed by atoms with van der Waals surface area (Å²) >= 11 is 7.66. The SMILES string of the molecule is CC1=C(C(=O)Nc2ccc(C)cc2)C(c2ccc(Cl)cc2)N=C(Nc2nc3ccccc3s2)N1. The molecular formula is C26H22ClN5OS. The molecule has 1 aliphatic heterocycles. The molecule has 6 nitrogen and oxygen atoms in total. The number of amides is 1. The summed E-state index contributed by atoms with van der Waals surface area (Å²) in [5.74, 6) is 0.319. The lowest BCUT2D eigenvalue weighted by atomic mass is 9.95. The third-order valence-electron chi connectivity index (χ3n) is 5.50. The van der Waals surface area contributed by atoms with E-state index in [1.54, 1.807) is 23.5 Å². The molecule has 1 aromatic heterocycles. The summed E-state index contributed by atoms with van der Waals surface area (Å²) in [6.07, 6.45) is 0. The number of allylic oxidation sites excluding steroid dienone is 1. The minimum Gasteiger partial charge on any atom is -0.329 e. The fourth-order valence-corrected chi connectivity index (χ4v) is 4.77. The Kier molecular flexibility index (Phi) is 6.04. The number of carbonyl (C=O) groups excluding carboxylic acids is 1. The van der Waals surface area contributed by atoms with Gasteiger partial charge < -0.3 is 16.0 Å². The first-order valence-corrected chi connectivity index (χ1v) is 12.0. The van der Waals surface area contributed by atoms with E-state index in [0.29, 0.717) is 22.3 Å². The third kappa shape index (κ3) is 4.66. The Morgan fingerprint density at radius 2 is 1.74 bits per heavy atom. The Hall–Kier alpha value is -3.68. The second kappa shape index (κ2) is 9.29. The van der Waals surface area contributed by atoms with Crippen LogP contribution in [0.1, 0.15) is 24.1 Å². The zero-order chi connectivity index (χ0) is 23.7. The van der Waals surface area contributed by atoms with Gasteiger partial charge in [-0.2, -0.15) is 0 Å². The molecule has 0 spiro atoms. The normalized spacial score (nSPS) is 15.6. The predicted octanol–water partition coefficient (Wildman–Crippen LogP) is 6.28. The number of aromatic nitrogens is 1. The quantitative estimate of drug-likeness (QED) is 0.316. The zero-order valence-electron chi connectivity index (χ0n) is 18.6. The number of rotatable bonds is 4. The maximum atomic E-state index is 13.4. The average molecular weight is 488 g/mol. The first-order chi connectivity index (χ1) is 16.5. The summed E-state index contributed by atoms with van der Waals surface area (Å²) in [4.78, 5) is 22.8. The number of para-hydroxylation sites is 1. The van der Waals surface area contributed by atoms with E-state index >= 15 is 0 Å². The molecule has 0 bridgehead atoms. The van der Waals surface area contributed by atoms with Crippen molar-refractivity contribution in [1.82, 2.24) is 10.3 Å². The van der Waals surface area contributed by atoms with Crippen molar-refractivity contribution in [1.29, 1.82) is 0 Å². The van der Waals surface area contributed by atoms with Crippen molar-refractivity contribution >= 4 is 55.8 Å². The lowest BCUT2D eigenvalue weighted by Gasteiger charge is -2.26. The number of thiazole rings is 1. The minimum absolute atomic E-state index is 0.211. The van der Waals surface area contributed by atoms with E-state index in [1.807, 2.05) is 74.5 Å². The van der Waals surface area contributed by atoms with Gasteiger partial charge in [0.05, 0.1) is 15.8 Å². The molecule has 1 unspecified atom stereocenters. The molecule has 0 saturated carbocycles. The molecule has 0 radical (unpaired) electrons. The van der Waals surface area contributed by atoms with E-state index in [-0.39, 0.29) is 5.91 Å². The summed E-state index contributed by atoms with van der Waals surface area (Å²) < 4.78 is 1.08. The van der Waals surface area contributed by atoms with Crippen molar-refractivity contribution in [2.24, 2.45) is 4.99 Å². The van der Waals surface area contributed by atoms with Gasteiger partial charge in [-0.05, 0) is 55.8 Å². The molecule has 0 aliphatic carbocycles. The number of nitrogens with one attached hydrogen (secondary N) is 3. The highest BCUT2D eigenvalue weighted by atomic mass is 35.5. The van der Waals surface area contributed by atoms with Gasteiger partial charge in [-0.25, -0.2) is 9.98 Å². The van der Waals surface area contributed by atoms with E-state index in [1.165, 1.54) is 0 Å². The van der Waals surface area contributed by atoms with E-state index < -0.39 is 6.04 Å². The van der Waals surface area contributed by atoms with E-state index in [4.69, 9.17) is 16.6 Å². The van der Waals surface area contributed by atoms with Gasteiger partial charge in [-0.15, -0.1) is 0 Å². The van der Waals surface area contributed by atoms with Crippen LogP contribution in [-0.2, 0) is 4.79 Å². The number of hydrogen-bond donors (Lipinski definition) is 3. The Balaban J connectivity index is 1.47. The van der Waals surface area contributed by atoms with Crippen LogP contribution in [0, 0.1) is 6.92 Å². The van der Waals surface area contributed by atoms with Crippen LogP contribution in [0.15, 0.2) is 89.1 Å². The molecule has 1 amide bonds. The number of halogens is 1. The first kappa shape index (κ1) is 22.1. The fourth-order valence-electron chi connectivity index (χ4n) is 3.78. The second-order valence-corrected chi connectivity index (χ2v) is 9.49. The molecule has 3 aromatic carbocycles. The van der Waals surface area contributed by atoms with E-state index in [2.05, 4.69) is 20.9 Å². The number of aryl methyl sites for hydroxylation is 1. The van der Waals surface area contributed by atoms with Gasteiger partial charge in [-0.1, -0.05) is 64.9 Å². The number of guanidine groups is 1. The van der Waals surface area contributed by atoms with Crippen molar-refractivity contribution < 1.29 is 4.79 Å². The van der Waals surface area contributed by atoms with E-state index in [9.17, 15) is 4.79 Å². The summed E-state index contributed by atoms with van der Waals surface area (Å²) in [7, 11) is 0. The first-order valence-electron chi connectivity index (χ1n) is 10.8. The van der Waals surface area contributed by atoms with Crippen LogP contribution in [0.2, 0.25) is 5.02 Å². The van der Waals surface area contributed by atoms with Crippen molar-refractivity contribution in [3.8, 4) is 0 Å². The van der Waals surface area contributed by atoms with Crippen LogP contribution >= 0.6 is 22.9 Å². The fraction of sp³-hybridized carbons (Fsp3) is 0.115. The molecule has 0 fully saturated rings. The average Bonchev–Trinajstić information content (AvgIpc) is 3.23. The van der Waals surface area contributed by atoms with Crippen LogP contribution in [0.5, 0.6) is 0 Å². The molecule has 170 valence electrons. The Morgan fingerprint density at radius 3 is 2.47 bits per heavy atom. The van der Waals surface area contributed by atoms with Crippen LogP contribution in [0.25, 0.3) is 10.2 Å². The zero-order valence-corrected chi connectivity index (χ0v) is 20.2. The predicted molar refractivity (Wildman–Crippen MR) is 141 cm³/mol. The van der Waals surface area contributed by atoms with Gasteiger partial charge in [0.2, 0.25) is 5.96 Å². The topological polar surface area (TPSA) is 78.4 Å². The van der Waals surface area contributed by atoms with Gasteiger partial charge in [0.25, 0.3) is 5.91 Å². The molecule has 2 heterocycles. The van der Waals surface area contributed by atoms with Gasteiger partial charge in [0.1, 0.15) is 6.04 Å². The number of carbonyl (C=O) groups is 1. The maximum Gasteiger partial charge on any atom is 0.255 e. The van der Waals surface area contributed by atoms with Gasteiger partial charge >= 0.3 is 0 Å². The Bertz CT molecular complexity index is 1390. The molecule has 1 aliphatic rings. The van der Waals surface area contributed by atoms with E-state index in [0.717, 1.165) is 32.2 Å². The Labute approximate surface area is 206 Å². The number of anilines is 2. The molecule has 34 heavy (non-hydrogen) atoms. The summed E-state index contributed by atoms with van der Waals surface area (Å²) in [6, 6.07) is 22.5. The smallest absolute Gasteiger partial charge is 0.255 e. The summed E-state index contributed by atoms with van der Waals surface area (Å²) in [5.41, 5.74) is 4.89. The lowest BCUT2D eigenvalue weighted by molar-refractivity contribution is -0.113. The number of fused-ring (bicyclic) bond motifs is 1. The molecule has 0 saturated heterocycles. The van der Waals surface area contributed by atoms with Crippen LogP contribution in [0.4, 0.5) is 10.8 Å². The monoisotopic (exact) mass is 487 g/mol. The van der Waals surface area contributed by atoms with Gasteiger partial charge in [-0.3, -0.25) is 4.79 Å². The molecular weight excluding hydrogens is 466 g/mol. The summed E-state index contributed by atoms with van der Waals surface area (Å²) in [6.45, 7) is 3.89. The van der Waals surface area contributed by atoms with Crippen molar-refractivity contribution in [2.45, 2.75) is 19.9 Å². The standard InChI is InChI=1S/C26H22ClN5OS/c1-15-7-13-19(14-8-15)29-24(33)22-16(2)28-25(31-23(22)17-9-11-18(27)12-10-17)32-26-30-20-5-3-4-6-21(20)34-26/h3-14,23H,1-2H3,(H,29,33)(H2,28,30,31,32). The van der Waals surface area contributed by atoms with Gasteiger partial charge in [0, 0.05) is 16.4 Å². The highest BCUT2D eigenvalue weighted by molar-refractivity contribution is 7.22. The van der Waals surface area contributed by atoms with Crippen molar-refractivity contribution in [2.75, 3.05) is 10.6 Å². The second-order valence-electron chi connectivity index (χ2n) is 8.03. The number of nitrogens with zero attached hydrogens (tertiary/aromatic N) is 2. The minimum atomic E-state index is -0.513. The third-order valence-corrected chi connectivity index (χ3v) is 6.70.